The second-order valence-corrected chi connectivity index (χ2v) is 4.56. The quantitative estimate of drug-likeness (QED) is 0.826. The van der Waals surface area contributed by atoms with Crippen molar-refractivity contribution in [2.24, 2.45) is 0 Å². The van der Waals surface area contributed by atoms with Gasteiger partial charge in [-0.1, -0.05) is 23.7 Å². The van der Waals surface area contributed by atoms with Crippen molar-refractivity contribution >= 4 is 17.5 Å². The van der Waals surface area contributed by atoms with Crippen LogP contribution < -0.4 is 0 Å². The number of hydrogen-bond donors (Lipinski definition) is 0. The summed E-state index contributed by atoms with van der Waals surface area (Å²) in [5.74, 6) is 0.202. The summed E-state index contributed by atoms with van der Waals surface area (Å²) in [6, 6.07) is 7.67. The first kappa shape index (κ1) is 12.4. The Labute approximate surface area is 106 Å². The number of hydrogen-bond acceptors (Lipinski definition) is 2. The highest BCUT2D eigenvalue weighted by Crippen LogP contribution is 2.13. The van der Waals surface area contributed by atoms with Crippen molar-refractivity contribution < 1.29 is 9.53 Å². The van der Waals surface area contributed by atoms with Crippen LogP contribution in [0.2, 0.25) is 5.02 Å². The molecule has 0 atom stereocenters. The molecule has 0 radical (unpaired) electrons. The molecule has 0 bridgehead atoms. The zero-order chi connectivity index (χ0) is 12.1. The monoisotopic (exact) mass is 253 g/mol. The van der Waals surface area contributed by atoms with Crippen molar-refractivity contribution in [3.05, 3.63) is 34.9 Å². The van der Waals surface area contributed by atoms with Crippen LogP contribution >= 0.6 is 11.6 Å². The van der Waals surface area contributed by atoms with Gasteiger partial charge in [-0.25, -0.2) is 0 Å². The van der Waals surface area contributed by atoms with Crippen molar-refractivity contribution in [2.45, 2.75) is 12.8 Å². The van der Waals surface area contributed by atoms with E-state index in [9.17, 15) is 4.79 Å². The summed E-state index contributed by atoms with van der Waals surface area (Å²) >= 11 is 5.90. The van der Waals surface area contributed by atoms with Crippen molar-refractivity contribution in [1.29, 1.82) is 0 Å². The fraction of sp³-hybridized carbons (Fsp3) is 0.462. The van der Waals surface area contributed by atoms with E-state index in [1.165, 1.54) is 0 Å². The Morgan fingerprint density at radius 2 is 2.12 bits per heavy atom. The Bertz CT molecular complexity index is 389. The maximum absolute atomic E-state index is 11.9. The van der Waals surface area contributed by atoms with E-state index >= 15 is 0 Å². The molecule has 1 aromatic rings. The molecule has 0 saturated carbocycles. The Hall–Kier alpha value is -1.06. The number of rotatable bonds is 3. The van der Waals surface area contributed by atoms with E-state index in [4.69, 9.17) is 16.3 Å². The number of benzene rings is 1. The molecule has 1 saturated heterocycles. The summed E-state index contributed by atoms with van der Waals surface area (Å²) in [5, 5.41) is 0.723. The zero-order valence-corrected chi connectivity index (χ0v) is 10.4. The summed E-state index contributed by atoms with van der Waals surface area (Å²) in [6.07, 6.45) is 1.29. The summed E-state index contributed by atoms with van der Waals surface area (Å²) in [7, 11) is 0. The third-order valence-corrected chi connectivity index (χ3v) is 3.12. The highest BCUT2D eigenvalue weighted by atomic mass is 35.5. The van der Waals surface area contributed by atoms with Gasteiger partial charge in [-0.15, -0.1) is 0 Å². The van der Waals surface area contributed by atoms with Gasteiger partial charge < -0.3 is 9.64 Å². The molecule has 1 aromatic carbocycles. The van der Waals surface area contributed by atoms with Crippen LogP contribution in [-0.2, 0) is 16.0 Å². The van der Waals surface area contributed by atoms with Crippen molar-refractivity contribution in [3.63, 3.8) is 0 Å². The highest BCUT2D eigenvalue weighted by Gasteiger charge is 2.16. The predicted octanol–water partition coefficient (Wildman–Crippen LogP) is 2.13. The second-order valence-electron chi connectivity index (χ2n) is 4.12. The van der Waals surface area contributed by atoms with Gasteiger partial charge >= 0.3 is 0 Å². The van der Waals surface area contributed by atoms with Crippen molar-refractivity contribution in [1.82, 2.24) is 4.90 Å². The van der Waals surface area contributed by atoms with Crippen LogP contribution in [0.15, 0.2) is 24.3 Å². The van der Waals surface area contributed by atoms with E-state index < -0.39 is 0 Å². The van der Waals surface area contributed by atoms with E-state index in [1.54, 1.807) is 0 Å². The highest BCUT2D eigenvalue weighted by molar-refractivity contribution is 6.30. The molecular formula is C13H16ClNO2. The summed E-state index contributed by atoms with van der Waals surface area (Å²) in [6.45, 7) is 2.74. The lowest BCUT2D eigenvalue weighted by Crippen LogP contribution is -2.40. The molecule has 3 nitrogen and oxygen atoms in total. The van der Waals surface area contributed by atoms with Gasteiger partial charge in [0.05, 0.1) is 13.2 Å². The number of nitrogens with zero attached hydrogens (tertiary/aromatic N) is 1. The van der Waals surface area contributed by atoms with Crippen LogP contribution in [0.1, 0.15) is 12.0 Å². The van der Waals surface area contributed by atoms with Crippen molar-refractivity contribution in [3.8, 4) is 0 Å². The third-order valence-electron chi connectivity index (χ3n) is 2.88. The number of halogens is 1. The Morgan fingerprint density at radius 1 is 1.35 bits per heavy atom. The van der Waals surface area contributed by atoms with Gasteiger partial charge in [0, 0.05) is 24.5 Å². The first-order chi connectivity index (χ1) is 8.25. The largest absolute Gasteiger partial charge is 0.378 e. The van der Waals surface area contributed by atoms with Crippen LogP contribution in [0.3, 0.4) is 0 Å². The minimum absolute atomic E-state index is 0.202. The van der Waals surface area contributed by atoms with Gasteiger partial charge in [0.25, 0.3) is 0 Å². The molecule has 92 valence electrons. The molecule has 0 aromatic heterocycles. The minimum atomic E-state index is 0.202. The van der Waals surface area contributed by atoms with Crippen molar-refractivity contribution in [2.75, 3.05) is 26.3 Å². The van der Waals surface area contributed by atoms with E-state index in [1.807, 2.05) is 29.2 Å². The molecule has 4 heteroatoms. The Morgan fingerprint density at radius 3 is 2.82 bits per heavy atom. The molecule has 0 unspecified atom stereocenters. The fourth-order valence-corrected chi connectivity index (χ4v) is 2.13. The van der Waals surface area contributed by atoms with E-state index in [0.717, 1.165) is 17.0 Å². The van der Waals surface area contributed by atoms with Gasteiger partial charge in [0.15, 0.2) is 0 Å². The number of amides is 1. The predicted molar refractivity (Wildman–Crippen MR) is 67.2 cm³/mol. The lowest BCUT2D eigenvalue weighted by Gasteiger charge is -2.26. The van der Waals surface area contributed by atoms with E-state index in [0.29, 0.717) is 32.7 Å². The maximum Gasteiger partial charge on any atom is 0.223 e. The molecule has 0 aliphatic carbocycles. The van der Waals surface area contributed by atoms with Crippen LogP contribution in [0.4, 0.5) is 0 Å². The van der Waals surface area contributed by atoms with Gasteiger partial charge in [-0.2, -0.15) is 0 Å². The van der Waals surface area contributed by atoms with E-state index in [2.05, 4.69) is 0 Å². The Balaban J connectivity index is 1.83. The molecule has 1 heterocycles. The number of ether oxygens (including phenoxy) is 1. The number of morpholine rings is 1. The van der Waals surface area contributed by atoms with Gasteiger partial charge in [0.2, 0.25) is 5.91 Å². The summed E-state index contributed by atoms with van der Waals surface area (Å²) in [5.41, 5.74) is 1.11. The van der Waals surface area contributed by atoms with Crippen LogP contribution in [0.5, 0.6) is 0 Å². The number of aryl methyl sites for hydroxylation is 1. The molecule has 1 aliphatic heterocycles. The number of carbonyl (C=O) groups excluding carboxylic acids is 1. The average Bonchev–Trinajstić information content (AvgIpc) is 2.37. The third kappa shape index (κ3) is 3.72. The zero-order valence-electron chi connectivity index (χ0n) is 9.69. The van der Waals surface area contributed by atoms with Crippen LogP contribution in [0, 0.1) is 0 Å². The Kier molecular flexibility index (Phi) is 4.40. The van der Waals surface area contributed by atoms with Crippen LogP contribution in [-0.4, -0.2) is 37.1 Å². The molecule has 2 rings (SSSR count). The molecular weight excluding hydrogens is 238 g/mol. The summed E-state index contributed by atoms with van der Waals surface area (Å²) in [4.78, 5) is 13.8. The SMILES string of the molecule is O=C(CCc1cccc(Cl)c1)N1CCOCC1. The normalized spacial score (nSPS) is 15.9. The lowest BCUT2D eigenvalue weighted by atomic mass is 10.1. The van der Waals surface area contributed by atoms with E-state index in [-0.39, 0.29) is 5.91 Å². The van der Waals surface area contributed by atoms with Gasteiger partial charge in [0.1, 0.15) is 0 Å². The minimum Gasteiger partial charge on any atom is -0.378 e. The second kappa shape index (κ2) is 6.03. The van der Waals surface area contributed by atoms with Gasteiger partial charge in [-0.05, 0) is 24.1 Å². The lowest BCUT2D eigenvalue weighted by molar-refractivity contribution is -0.135. The molecule has 0 spiro atoms. The number of carbonyl (C=O) groups is 1. The maximum atomic E-state index is 11.9. The fourth-order valence-electron chi connectivity index (χ4n) is 1.91. The average molecular weight is 254 g/mol. The van der Waals surface area contributed by atoms with Crippen LogP contribution in [0.25, 0.3) is 0 Å². The first-order valence-electron chi connectivity index (χ1n) is 5.85. The smallest absolute Gasteiger partial charge is 0.223 e. The topological polar surface area (TPSA) is 29.5 Å². The van der Waals surface area contributed by atoms with Gasteiger partial charge in [-0.3, -0.25) is 4.79 Å². The molecule has 0 N–H and O–H groups in total. The standard InChI is InChI=1S/C13H16ClNO2/c14-12-3-1-2-11(10-12)4-5-13(16)15-6-8-17-9-7-15/h1-3,10H,4-9H2. The summed E-state index contributed by atoms with van der Waals surface area (Å²) < 4.78 is 5.22. The first-order valence-corrected chi connectivity index (χ1v) is 6.23. The molecule has 17 heavy (non-hydrogen) atoms. The molecule has 1 amide bonds. The molecule has 1 aliphatic rings. The molecule has 1 fully saturated rings.